The molecule has 1 atom stereocenters. The Labute approximate surface area is 107 Å². The molecule has 0 saturated carbocycles. The van der Waals surface area contributed by atoms with Crippen molar-refractivity contribution in [3.8, 4) is 0 Å². The van der Waals surface area contributed by atoms with E-state index in [-0.39, 0.29) is 11.9 Å². The molecule has 0 aliphatic rings. The van der Waals surface area contributed by atoms with E-state index in [0.29, 0.717) is 6.42 Å². The van der Waals surface area contributed by atoms with E-state index in [2.05, 4.69) is 15.6 Å². The first-order valence-electron chi connectivity index (χ1n) is 5.98. The molecule has 0 aliphatic carbocycles. The summed E-state index contributed by atoms with van der Waals surface area (Å²) < 4.78 is 0. The molecule has 2 N–H and O–H groups in total. The molecule has 0 aromatic carbocycles. The van der Waals surface area contributed by atoms with Crippen molar-refractivity contribution in [3.05, 3.63) is 15.6 Å². The lowest BCUT2D eigenvalue weighted by Crippen LogP contribution is -2.29. The van der Waals surface area contributed by atoms with Crippen molar-refractivity contribution in [1.29, 1.82) is 0 Å². The molecule has 0 bridgehead atoms. The quantitative estimate of drug-likeness (QED) is 0.764. The molecule has 96 valence electrons. The maximum absolute atomic E-state index is 11.7. The van der Waals surface area contributed by atoms with Crippen molar-refractivity contribution in [2.45, 2.75) is 40.2 Å². The van der Waals surface area contributed by atoms with E-state index in [1.54, 1.807) is 11.3 Å². The Morgan fingerprint density at radius 1 is 1.47 bits per heavy atom. The van der Waals surface area contributed by atoms with Crippen molar-refractivity contribution in [2.24, 2.45) is 0 Å². The molecule has 17 heavy (non-hydrogen) atoms. The molecule has 0 saturated heterocycles. The number of hydrogen-bond donors (Lipinski definition) is 2. The molecule has 1 heterocycles. The first kappa shape index (κ1) is 14.1. The van der Waals surface area contributed by atoms with E-state index in [4.69, 9.17) is 0 Å². The zero-order chi connectivity index (χ0) is 12.8. The largest absolute Gasteiger partial charge is 0.349 e. The molecule has 0 spiro atoms. The third kappa shape index (κ3) is 4.44. The maximum atomic E-state index is 11.7. The highest BCUT2D eigenvalue weighted by Gasteiger charge is 2.14. The van der Waals surface area contributed by atoms with Crippen LogP contribution in [0.25, 0.3) is 0 Å². The molecule has 4 nitrogen and oxygen atoms in total. The molecular weight excluding hydrogens is 234 g/mol. The van der Waals surface area contributed by atoms with Gasteiger partial charge in [-0.3, -0.25) is 4.79 Å². The van der Waals surface area contributed by atoms with Crippen LogP contribution < -0.4 is 10.6 Å². The van der Waals surface area contributed by atoms with Gasteiger partial charge in [0.25, 0.3) is 0 Å². The van der Waals surface area contributed by atoms with Gasteiger partial charge in [0.05, 0.1) is 16.7 Å². The van der Waals surface area contributed by atoms with Gasteiger partial charge in [-0.2, -0.15) is 0 Å². The number of aromatic nitrogens is 1. The summed E-state index contributed by atoms with van der Waals surface area (Å²) in [6.45, 7) is 9.64. The number of thiazole rings is 1. The van der Waals surface area contributed by atoms with Crippen LogP contribution in [0, 0.1) is 13.8 Å². The van der Waals surface area contributed by atoms with Crippen molar-refractivity contribution in [2.75, 3.05) is 13.1 Å². The molecule has 1 aromatic rings. The number of nitrogens with zero attached hydrogens (tertiary/aromatic N) is 1. The lowest BCUT2D eigenvalue weighted by atomic mass is 10.2. The summed E-state index contributed by atoms with van der Waals surface area (Å²) in [7, 11) is 0. The predicted molar refractivity (Wildman–Crippen MR) is 71.3 cm³/mol. The molecule has 1 rings (SSSR count). The van der Waals surface area contributed by atoms with Gasteiger partial charge in [-0.1, -0.05) is 6.92 Å². The van der Waals surface area contributed by atoms with Crippen LogP contribution in [-0.2, 0) is 4.79 Å². The van der Waals surface area contributed by atoms with Gasteiger partial charge in [-0.25, -0.2) is 4.98 Å². The molecular formula is C12H21N3OS. The van der Waals surface area contributed by atoms with Gasteiger partial charge >= 0.3 is 0 Å². The van der Waals surface area contributed by atoms with Crippen LogP contribution in [-0.4, -0.2) is 24.0 Å². The zero-order valence-electron chi connectivity index (χ0n) is 11.0. The highest BCUT2D eigenvalue weighted by molar-refractivity contribution is 7.11. The molecule has 0 radical (unpaired) electrons. The second-order valence-electron chi connectivity index (χ2n) is 4.08. The van der Waals surface area contributed by atoms with Crippen molar-refractivity contribution < 1.29 is 4.79 Å². The Morgan fingerprint density at radius 2 is 2.18 bits per heavy atom. The minimum atomic E-state index is 0.0512. The monoisotopic (exact) mass is 255 g/mol. The standard InChI is InChI=1S/C12H21N3OS/c1-5-13-7-6-11(16)15-9(3)12-8(2)14-10(4)17-12/h9,13H,5-7H2,1-4H3,(H,15,16). The minimum absolute atomic E-state index is 0.0512. The van der Waals surface area contributed by atoms with Crippen LogP contribution in [0.15, 0.2) is 0 Å². The molecule has 1 amide bonds. The van der Waals surface area contributed by atoms with Gasteiger partial charge in [0.2, 0.25) is 5.91 Å². The van der Waals surface area contributed by atoms with E-state index < -0.39 is 0 Å². The number of nitrogens with one attached hydrogen (secondary N) is 2. The van der Waals surface area contributed by atoms with Crippen LogP contribution in [0.1, 0.15) is 41.9 Å². The molecule has 0 aliphatic heterocycles. The minimum Gasteiger partial charge on any atom is -0.349 e. The zero-order valence-corrected chi connectivity index (χ0v) is 11.8. The summed E-state index contributed by atoms with van der Waals surface area (Å²) in [5.41, 5.74) is 1.02. The van der Waals surface area contributed by atoms with Gasteiger partial charge < -0.3 is 10.6 Å². The summed E-state index contributed by atoms with van der Waals surface area (Å²) in [4.78, 5) is 17.2. The fourth-order valence-corrected chi connectivity index (χ4v) is 2.64. The van der Waals surface area contributed by atoms with Crippen molar-refractivity contribution in [3.63, 3.8) is 0 Å². The summed E-state index contributed by atoms with van der Waals surface area (Å²) in [6, 6.07) is 0.0512. The molecule has 1 aromatic heterocycles. The average Bonchev–Trinajstić information content (AvgIpc) is 2.58. The van der Waals surface area contributed by atoms with Gasteiger partial charge in [0.15, 0.2) is 0 Å². The summed E-state index contributed by atoms with van der Waals surface area (Å²) in [5, 5.41) is 7.19. The van der Waals surface area contributed by atoms with E-state index in [1.807, 2.05) is 27.7 Å². The number of carbonyl (C=O) groups is 1. The molecule has 1 unspecified atom stereocenters. The Morgan fingerprint density at radius 3 is 2.71 bits per heavy atom. The summed E-state index contributed by atoms with van der Waals surface area (Å²) in [5.74, 6) is 0.0869. The Balaban J connectivity index is 2.46. The maximum Gasteiger partial charge on any atom is 0.221 e. The number of amides is 1. The third-order valence-corrected chi connectivity index (χ3v) is 3.74. The fourth-order valence-electron chi connectivity index (χ4n) is 1.71. The SMILES string of the molecule is CCNCCC(=O)NC(C)c1sc(C)nc1C. The smallest absolute Gasteiger partial charge is 0.221 e. The van der Waals surface area contributed by atoms with Crippen LogP contribution in [0.5, 0.6) is 0 Å². The Bertz CT molecular complexity index is 376. The van der Waals surface area contributed by atoms with Crippen molar-refractivity contribution >= 4 is 17.2 Å². The molecule has 5 heteroatoms. The number of aryl methyl sites for hydroxylation is 2. The van der Waals surface area contributed by atoms with Gasteiger partial charge in [-0.15, -0.1) is 11.3 Å². The van der Waals surface area contributed by atoms with Crippen LogP contribution in [0.3, 0.4) is 0 Å². The average molecular weight is 255 g/mol. The van der Waals surface area contributed by atoms with Gasteiger partial charge in [-0.05, 0) is 27.3 Å². The molecule has 0 fully saturated rings. The normalized spacial score (nSPS) is 12.5. The topological polar surface area (TPSA) is 54.0 Å². The van der Waals surface area contributed by atoms with E-state index in [1.165, 1.54) is 0 Å². The first-order chi connectivity index (χ1) is 8.04. The van der Waals surface area contributed by atoms with Gasteiger partial charge in [0.1, 0.15) is 0 Å². The second-order valence-corrected chi connectivity index (χ2v) is 5.31. The fraction of sp³-hybridized carbons (Fsp3) is 0.667. The highest BCUT2D eigenvalue weighted by Crippen LogP contribution is 2.24. The number of carbonyl (C=O) groups excluding carboxylic acids is 1. The highest BCUT2D eigenvalue weighted by atomic mass is 32.1. The third-order valence-electron chi connectivity index (χ3n) is 2.49. The Hall–Kier alpha value is -0.940. The summed E-state index contributed by atoms with van der Waals surface area (Å²) in [6.07, 6.45) is 0.523. The first-order valence-corrected chi connectivity index (χ1v) is 6.80. The van der Waals surface area contributed by atoms with Gasteiger partial charge in [0, 0.05) is 17.8 Å². The van der Waals surface area contributed by atoms with Crippen molar-refractivity contribution in [1.82, 2.24) is 15.6 Å². The lowest BCUT2D eigenvalue weighted by molar-refractivity contribution is -0.121. The van der Waals surface area contributed by atoms with Crippen LogP contribution in [0.2, 0.25) is 0 Å². The predicted octanol–water partition coefficient (Wildman–Crippen LogP) is 1.94. The van der Waals surface area contributed by atoms with Crippen LogP contribution >= 0.6 is 11.3 Å². The Kier molecular flexibility index (Phi) is 5.58. The van der Waals surface area contributed by atoms with E-state index >= 15 is 0 Å². The van der Waals surface area contributed by atoms with E-state index in [0.717, 1.165) is 28.7 Å². The second kappa shape index (κ2) is 6.71. The lowest BCUT2D eigenvalue weighted by Gasteiger charge is -2.12. The van der Waals surface area contributed by atoms with Crippen LogP contribution in [0.4, 0.5) is 0 Å². The number of hydrogen-bond acceptors (Lipinski definition) is 4. The number of rotatable bonds is 6. The summed E-state index contributed by atoms with van der Waals surface area (Å²) >= 11 is 1.65. The van der Waals surface area contributed by atoms with E-state index in [9.17, 15) is 4.79 Å².